The van der Waals surface area contributed by atoms with Gasteiger partial charge in [0.2, 0.25) is 0 Å². The first kappa shape index (κ1) is 32.0. The third-order valence-corrected chi connectivity index (χ3v) is 8.28. The van der Waals surface area contributed by atoms with E-state index in [1.165, 1.54) is 22.3 Å². The van der Waals surface area contributed by atoms with Gasteiger partial charge >= 0.3 is 0 Å². The average molecular weight is 545 g/mol. The molecule has 2 heteroatoms. The zero-order chi connectivity index (χ0) is 30.8. The molecule has 0 aliphatic heterocycles. The van der Waals surface area contributed by atoms with E-state index in [-0.39, 0.29) is 33.0 Å². The first-order valence-corrected chi connectivity index (χ1v) is 15.0. The molecule has 0 fully saturated rings. The fraction of sp³-hybridized carbons (Fsp3) is 0.579. The molecule has 0 spiro atoms. The minimum absolute atomic E-state index is 0.102. The number of rotatable bonds is 3. The Hall–Kier alpha value is -2.48. The lowest BCUT2D eigenvalue weighted by Gasteiger charge is -2.35. The number of aromatic hydroxyl groups is 2. The van der Waals surface area contributed by atoms with Crippen molar-refractivity contribution in [2.45, 2.75) is 138 Å². The van der Waals surface area contributed by atoms with Crippen LogP contribution in [-0.4, -0.2) is 10.2 Å². The van der Waals surface area contributed by atoms with Gasteiger partial charge in [0, 0.05) is 22.5 Å². The van der Waals surface area contributed by atoms with Crippen molar-refractivity contribution in [3.8, 4) is 11.5 Å². The van der Waals surface area contributed by atoms with Gasteiger partial charge < -0.3 is 10.2 Å². The lowest BCUT2D eigenvalue weighted by Crippen LogP contribution is -2.22. The van der Waals surface area contributed by atoms with Gasteiger partial charge in [-0.3, -0.25) is 0 Å². The van der Waals surface area contributed by atoms with Crippen LogP contribution >= 0.6 is 0 Å². The zero-order valence-corrected chi connectivity index (χ0v) is 28.1. The lowest BCUT2D eigenvalue weighted by atomic mass is 9.69. The molecule has 2 aromatic carbocycles. The molecule has 1 aliphatic carbocycles. The fourth-order valence-electron chi connectivity index (χ4n) is 6.09. The molecule has 0 unspecified atom stereocenters. The summed E-state index contributed by atoms with van der Waals surface area (Å²) in [5, 5.41) is 24.2. The van der Waals surface area contributed by atoms with Crippen molar-refractivity contribution in [3.05, 3.63) is 80.9 Å². The first-order valence-electron chi connectivity index (χ1n) is 15.0. The third-order valence-electron chi connectivity index (χ3n) is 8.28. The number of hydrogen-bond donors (Lipinski definition) is 2. The SMILES string of the molecule is CC1=CC(C)(C)C=C(C(c2cc(C(C)(C)C)cc(C(C)(C)C)c2O)c2cc(C(C)(C)C)cc(C(C)(C)C)c2O)C1. The van der Waals surface area contributed by atoms with E-state index in [0.717, 1.165) is 28.7 Å². The van der Waals surface area contributed by atoms with E-state index in [1.807, 2.05) is 0 Å². The van der Waals surface area contributed by atoms with Gasteiger partial charge in [-0.25, -0.2) is 0 Å². The van der Waals surface area contributed by atoms with Crippen LogP contribution in [-0.2, 0) is 21.7 Å². The molecule has 2 N–H and O–H groups in total. The van der Waals surface area contributed by atoms with Crippen molar-refractivity contribution < 1.29 is 10.2 Å². The summed E-state index contributed by atoms with van der Waals surface area (Å²) in [5.41, 5.74) is 7.79. The van der Waals surface area contributed by atoms with Gasteiger partial charge in [-0.2, -0.15) is 0 Å². The van der Waals surface area contributed by atoms with Crippen LogP contribution in [0.4, 0.5) is 0 Å². The number of phenolic OH excluding ortho intramolecular Hbond substituents is 2. The van der Waals surface area contributed by atoms with Crippen LogP contribution in [0.15, 0.2) is 47.6 Å². The molecule has 0 saturated carbocycles. The molecule has 1 aliphatic rings. The average Bonchev–Trinajstić information content (AvgIpc) is 2.71. The molecule has 2 aromatic rings. The van der Waals surface area contributed by atoms with E-state index in [4.69, 9.17) is 0 Å². The molecule has 40 heavy (non-hydrogen) atoms. The standard InChI is InChI=1S/C38H56O2/c1-23-16-24(22-38(14,15)21-23)31(27-17-25(34(2,3)4)19-29(32(27)39)36(8,9)10)28-18-26(35(5,6)7)20-30(33(28)40)37(11,12)13/h17-22,31,39-40H,16H2,1-15H3. The number of benzene rings is 2. The van der Waals surface area contributed by atoms with E-state index >= 15 is 0 Å². The summed E-state index contributed by atoms with van der Waals surface area (Å²) >= 11 is 0. The fourth-order valence-corrected chi connectivity index (χ4v) is 6.09. The normalized spacial score (nSPS) is 16.7. The van der Waals surface area contributed by atoms with E-state index in [9.17, 15) is 10.2 Å². The zero-order valence-electron chi connectivity index (χ0n) is 28.1. The Balaban J connectivity index is 2.57. The van der Waals surface area contributed by atoms with Crippen molar-refractivity contribution in [2.24, 2.45) is 5.41 Å². The lowest BCUT2D eigenvalue weighted by molar-refractivity contribution is 0.427. The van der Waals surface area contributed by atoms with Gasteiger partial charge in [0.25, 0.3) is 0 Å². The molecular formula is C38H56O2. The van der Waals surface area contributed by atoms with Crippen LogP contribution in [0.3, 0.4) is 0 Å². The molecule has 0 radical (unpaired) electrons. The highest BCUT2D eigenvalue weighted by atomic mass is 16.3. The van der Waals surface area contributed by atoms with Crippen molar-refractivity contribution in [3.63, 3.8) is 0 Å². The van der Waals surface area contributed by atoms with E-state index in [1.54, 1.807) is 0 Å². The summed E-state index contributed by atoms with van der Waals surface area (Å²) in [6.45, 7) is 33.1. The molecule has 0 atom stereocenters. The summed E-state index contributed by atoms with van der Waals surface area (Å²) in [4.78, 5) is 0. The van der Waals surface area contributed by atoms with Gasteiger partial charge in [-0.05, 0) is 57.3 Å². The molecule has 0 amide bonds. The maximum atomic E-state index is 12.1. The Bertz CT molecular complexity index is 1250. The molecular weight excluding hydrogens is 488 g/mol. The minimum atomic E-state index is -0.283. The van der Waals surface area contributed by atoms with Crippen LogP contribution in [0, 0.1) is 5.41 Å². The van der Waals surface area contributed by atoms with Crippen molar-refractivity contribution in [1.82, 2.24) is 0 Å². The highest BCUT2D eigenvalue weighted by molar-refractivity contribution is 5.61. The molecule has 0 heterocycles. The van der Waals surface area contributed by atoms with Crippen molar-refractivity contribution >= 4 is 0 Å². The molecule has 220 valence electrons. The third kappa shape index (κ3) is 6.69. The molecule has 0 bridgehead atoms. The molecule has 0 aromatic heterocycles. The van der Waals surface area contributed by atoms with Crippen LogP contribution < -0.4 is 0 Å². The van der Waals surface area contributed by atoms with E-state index in [2.05, 4.69) is 140 Å². The number of phenols is 2. The first-order chi connectivity index (χ1) is 17.8. The summed E-state index contributed by atoms with van der Waals surface area (Å²) in [5.74, 6) is 0.401. The summed E-state index contributed by atoms with van der Waals surface area (Å²) < 4.78 is 0. The largest absolute Gasteiger partial charge is 0.507 e. The van der Waals surface area contributed by atoms with E-state index < -0.39 is 0 Å². The number of allylic oxidation sites excluding steroid dienone is 4. The predicted octanol–water partition coefficient (Wildman–Crippen LogP) is 10.7. The quantitative estimate of drug-likeness (QED) is 0.377. The van der Waals surface area contributed by atoms with Crippen LogP contribution in [0.1, 0.15) is 150 Å². The van der Waals surface area contributed by atoms with Crippen LogP contribution in [0.25, 0.3) is 0 Å². The predicted molar refractivity (Wildman–Crippen MR) is 173 cm³/mol. The maximum absolute atomic E-state index is 12.1. The monoisotopic (exact) mass is 544 g/mol. The summed E-state index contributed by atoms with van der Waals surface area (Å²) in [7, 11) is 0. The second kappa shape index (κ2) is 10.1. The Morgan fingerprint density at radius 3 is 1.27 bits per heavy atom. The Kier molecular flexibility index (Phi) is 8.10. The molecule has 2 nitrogen and oxygen atoms in total. The van der Waals surface area contributed by atoms with E-state index in [0.29, 0.717) is 11.5 Å². The van der Waals surface area contributed by atoms with Crippen LogP contribution in [0.2, 0.25) is 0 Å². The summed E-state index contributed by atoms with van der Waals surface area (Å²) in [6.07, 6.45) is 5.51. The second-order valence-corrected chi connectivity index (χ2v) is 17.1. The smallest absolute Gasteiger partial charge is 0.123 e. The van der Waals surface area contributed by atoms with Crippen LogP contribution in [0.5, 0.6) is 11.5 Å². The second-order valence-electron chi connectivity index (χ2n) is 17.1. The van der Waals surface area contributed by atoms with Gasteiger partial charge in [-0.15, -0.1) is 0 Å². The van der Waals surface area contributed by atoms with Gasteiger partial charge in [0.05, 0.1) is 0 Å². The Morgan fingerprint density at radius 1 is 0.600 bits per heavy atom. The molecule has 3 rings (SSSR count). The Morgan fingerprint density at radius 2 is 0.975 bits per heavy atom. The van der Waals surface area contributed by atoms with Crippen molar-refractivity contribution in [2.75, 3.05) is 0 Å². The van der Waals surface area contributed by atoms with Gasteiger partial charge in [0.15, 0.2) is 0 Å². The highest BCUT2D eigenvalue weighted by Gasteiger charge is 2.35. The van der Waals surface area contributed by atoms with Gasteiger partial charge in [-0.1, -0.05) is 144 Å². The highest BCUT2D eigenvalue weighted by Crippen LogP contribution is 2.51. The Labute approximate surface area is 245 Å². The number of hydrogen-bond acceptors (Lipinski definition) is 2. The minimum Gasteiger partial charge on any atom is -0.507 e. The summed E-state index contributed by atoms with van der Waals surface area (Å²) in [6, 6.07) is 8.78. The van der Waals surface area contributed by atoms with Gasteiger partial charge in [0.1, 0.15) is 11.5 Å². The topological polar surface area (TPSA) is 40.5 Å². The molecule has 0 saturated heterocycles. The van der Waals surface area contributed by atoms with Crippen molar-refractivity contribution in [1.29, 1.82) is 0 Å². The maximum Gasteiger partial charge on any atom is 0.123 e.